The molecule has 1 N–H and O–H groups in total. The van der Waals surface area contributed by atoms with Crippen LogP contribution in [-0.4, -0.2) is 18.6 Å². The highest BCUT2D eigenvalue weighted by atomic mass is 35.5. The third-order valence-electron chi connectivity index (χ3n) is 2.94. The molecule has 0 spiro atoms. The van der Waals surface area contributed by atoms with Gasteiger partial charge in [-0.15, -0.1) is 0 Å². The lowest BCUT2D eigenvalue weighted by Crippen LogP contribution is -2.22. The molecule has 4 heteroatoms. The molecule has 1 atom stereocenters. The second kappa shape index (κ2) is 6.55. The molecule has 1 aromatic carbocycles. The fraction of sp³-hybridized carbons (Fsp3) is 0.267. The van der Waals surface area contributed by atoms with Gasteiger partial charge in [-0.1, -0.05) is 30.7 Å². The van der Waals surface area contributed by atoms with Crippen LogP contribution in [0.1, 0.15) is 24.1 Å². The number of ether oxygens (including phenoxy) is 1. The molecule has 3 nitrogen and oxygen atoms in total. The Morgan fingerprint density at radius 1 is 1.32 bits per heavy atom. The fourth-order valence-electron chi connectivity index (χ4n) is 2.04. The lowest BCUT2D eigenvalue weighted by molar-refractivity contribution is 0.414. The minimum absolute atomic E-state index is 0.0853. The molecule has 0 bridgehead atoms. The summed E-state index contributed by atoms with van der Waals surface area (Å²) in [7, 11) is 1.61. The molecule has 1 heterocycles. The van der Waals surface area contributed by atoms with Crippen LogP contribution < -0.4 is 10.1 Å². The Hall–Kier alpha value is -1.58. The quantitative estimate of drug-likeness (QED) is 0.908. The summed E-state index contributed by atoms with van der Waals surface area (Å²) in [6.45, 7) is 2.94. The standard InChI is InChI=1S/C15H17ClN2O/c1-3-18-15(12-5-4-8-17-10-12)11-6-7-14(19-2)13(16)9-11/h4-10,15,18H,3H2,1-2H3. The topological polar surface area (TPSA) is 34.2 Å². The third-order valence-corrected chi connectivity index (χ3v) is 3.23. The Morgan fingerprint density at radius 2 is 2.16 bits per heavy atom. The van der Waals surface area contributed by atoms with Gasteiger partial charge in [0.15, 0.2) is 0 Å². The molecule has 0 amide bonds. The van der Waals surface area contributed by atoms with Crippen molar-refractivity contribution < 1.29 is 4.74 Å². The lowest BCUT2D eigenvalue weighted by atomic mass is 10.00. The van der Waals surface area contributed by atoms with E-state index >= 15 is 0 Å². The number of halogens is 1. The van der Waals surface area contributed by atoms with Gasteiger partial charge in [0.25, 0.3) is 0 Å². The predicted molar refractivity (Wildman–Crippen MR) is 77.8 cm³/mol. The van der Waals surface area contributed by atoms with E-state index in [1.165, 1.54) is 0 Å². The van der Waals surface area contributed by atoms with E-state index < -0.39 is 0 Å². The largest absolute Gasteiger partial charge is 0.495 e. The number of hydrogen-bond donors (Lipinski definition) is 1. The molecular formula is C15H17ClN2O. The van der Waals surface area contributed by atoms with Crippen LogP contribution in [-0.2, 0) is 0 Å². The van der Waals surface area contributed by atoms with Crippen LogP contribution in [0.25, 0.3) is 0 Å². The van der Waals surface area contributed by atoms with Gasteiger partial charge in [0, 0.05) is 12.4 Å². The Bertz CT molecular complexity index is 531. The van der Waals surface area contributed by atoms with Crippen LogP contribution in [0.4, 0.5) is 0 Å². The molecule has 1 unspecified atom stereocenters. The van der Waals surface area contributed by atoms with Crippen molar-refractivity contribution in [2.45, 2.75) is 13.0 Å². The molecule has 2 aromatic rings. The molecule has 0 saturated heterocycles. The fourth-order valence-corrected chi connectivity index (χ4v) is 2.31. The number of benzene rings is 1. The number of pyridine rings is 1. The van der Waals surface area contributed by atoms with E-state index in [1.807, 2.05) is 30.5 Å². The highest BCUT2D eigenvalue weighted by Crippen LogP contribution is 2.30. The van der Waals surface area contributed by atoms with Crippen LogP contribution in [0.15, 0.2) is 42.7 Å². The SMILES string of the molecule is CCNC(c1cccnc1)c1ccc(OC)c(Cl)c1. The van der Waals surface area contributed by atoms with Crippen LogP contribution in [0.3, 0.4) is 0 Å². The zero-order chi connectivity index (χ0) is 13.7. The summed E-state index contributed by atoms with van der Waals surface area (Å²) in [6.07, 6.45) is 3.64. The first-order valence-corrected chi connectivity index (χ1v) is 6.60. The first kappa shape index (κ1) is 13.8. The van der Waals surface area contributed by atoms with Crippen LogP contribution in [0.5, 0.6) is 5.75 Å². The van der Waals surface area contributed by atoms with Crippen molar-refractivity contribution in [3.05, 3.63) is 58.9 Å². The number of nitrogens with one attached hydrogen (secondary N) is 1. The molecule has 0 radical (unpaired) electrons. The summed E-state index contributed by atoms with van der Waals surface area (Å²) in [5.74, 6) is 0.687. The Balaban J connectivity index is 2.37. The molecule has 0 fully saturated rings. The van der Waals surface area contributed by atoms with Gasteiger partial charge in [-0.3, -0.25) is 4.98 Å². The Kier molecular flexibility index (Phi) is 4.77. The van der Waals surface area contributed by atoms with Crippen molar-refractivity contribution in [2.75, 3.05) is 13.7 Å². The van der Waals surface area contributed by atoms with Crippen molar-refractivity contribution >= 4 is 11.6 Å². The van der Waals surface area contributed by atoms with E-state index in [0.29, 0.717) is 10.8 Å². The van der Waals surface area contributed by atoms with Gasteiger partial charge in [-0.25, -0.2) is 0 Å². The first-order valence-electron chi connectivity index (χ1n) is 6.23. The van der Waals surface area contributed by atoms with E-state index in [4.69, 9.17) is 16.3 Å². The lowest BCUT2D eigenvalue weighted by Gasteiger charge is -2.19. The minimum atomic E-state index is 0.0853. The predicted octanol–water partition coefficient (Wildman–Crippen LogP) is 3.44. The molecule has 19 heavy (non-hydrogen) atoms. The summed E-state index contributed by atoms with van der Waals surface area (Å²) in [6, 6.07) is 9.91. The summed E-state index contributed by atoms with van der Waals surface area (Å²) in [5, 5.41) is 4.06. The van der Waals surface area contributed by atoms with Crippen LogP contribution in [0, 0.1) is 0 Å². The minimum Gasteiger partial charge on any atom is -0.495 e. The summed E-state index contributed by atoms with van der Waals surface area (Å²) in [4.78, 5) is 4.17. The second-order valence-electron chi connectivity index (χ2n) is 4.17. The number of aromatic nitrogens is 1. The maximum Gasteiger partial charge on any atom is 0.137 e. The van der Waals surface area contributed by atoms with E-state index in [2.05, 4.69) is 23.3 Å². The number of rotatable bonds is 5. The normalized spacial score (nSPS) is 12.2. The summed E-state index contributed by atoms with van der Waals surface area (Å²) >= 11 is 6.19. The smallest absolute Gasteiger partial charge is 0.137 e. The number of hydrogen-bond acceptors (Lipinski definition) is 3. The van der Waals surface area contributed by atoms with Gasteiger partial charge in [0.1, 0.15) is 5.75 Å². The zero-order valence-corrected chi connectivity index (χ0v) is 11.8. The molecule has 0 aliphatic rings. The zero-order valence-electron chi connectivity index (χ0n) is 11.1. The van der Waals surface area contributed by atoms with Gasteiger partial charge in [-0.2, -0.15) is 0 Å². The summed E-state index contributed by atoms with van der Waals surface area (Å²) in [5.41, 5.74) is 2.21. The Labute approximate surface area is 118 Å². The van der Waals surface area contributed by atoms with E-state index in [9.17, 15) is 0 Å². The molecule has 2 rings (SSSR count). The van der Waals surface area contributed by atoms with Crippen molar-refractivity contribution in [3.8, 4) is 5.75 Å². The van der Waals surface area contributed by atoms with E-state index in [1.54, 1.807) is 13.3 Å². The average Bonchev–Trinajstić information content (AvgIpc) is 2.45. The number of nitrogens with zero attached hydrogens (tertiary/aromatic N) is 1. The van der Waals surface area contributed by atoms with Crippen molar-refractivity contribution in [3.63, 3.8) is 0 Å². The van der Waals surface area contributed by atoms with Crippen LogP contribution >= 0.6 is 11.6 Å². The Morgan fingerprint density at radius 3 is 2.74 bits per heavy atom. The molecule has 100 valence electrons. The van der Waals surface area contributed by atoms with Gasteiger partial charge >= 0.3 is 0 Å². The first-order chi connectivity index (χ1) is 9.26. The monoisotopic (exact) mass is 276 g/mol. The average molecular weight is 277 g/mol. The molecule has 0 saturated carbocycles. The van der Waals surface area contributed by atoms with E-state index in [-0.39, 0.29) is 6.04 Å². The maximum atomic E-state index is 6.19. The maximum absolute atomic E-state index is 6.19. The highest BCUT2D eigenvalue weighted by Gasteiger charge is 2.14. The molecular weight excluding hydrogens is 260 g/mol. The second-order valence-corrected chi connectivity index (χ2v) is 4.58. The van der Waals surface area contributed by atoms with Gasteiger partial charge in [-0.05, 0) is 35.9 Å². The van der Waals surface area contributed by atoms with Crippen LogP contribution in [0.2, 0.25) is 5.02 Å². The van der Waals surface area contributed by atoms with Gasteiger partial charge in [0.05, 0.1) is 18.2 Å². The van der Waals surface area contributed by atoms with Gasteiger partial charge < -0.3 is 10.1 Å². The van der Waals surface area contributed by atoms with Crippen molar-refractivity contribution in [1.29, 1.82) is 0 Å². The molecule has 0 aliphatic heterocycles. The molecule has 0 aliphatic carbocycles. The number of methoxy groups -OCH3 is 1. The van der Waals surface area contributed by atoms with Crippen molar-refractivity contribution in [1.82, 2.24) is 10.3 Å². The van der Waals surface area contributed by atoms with Gasteiger partial charge in [0.2, 0.25) is 0 Å². The highest BCUT2D eigenvalue weighted by molar-refractivity contribution is 6.32. The summed E-state index contributed by atoms with van der Waals surface area (Å²) < 4.78 is 5.18. The third kappa shape index (κ3) is 3.25. The van der Waals surface area contributed by atoms with E-state index in [0.717, 1.165) is 17.7 Å². The van der Waals surface area contributed by atoms with Crippen molar-refractivity contribution in [2.24, 2.45) is 0 Å². The molecule has 1 aromatic heterocycles.